The minimum Gasteiger partial charge on any atom is -0.481 e. The first kappa shape index (κ1) is 13.2. The van der Waals surface area contributed by atoms with Crippen LogP contribution < -0.4 is 5.32 Å². The van der Waals surface area contributed by atoms with Crippen LogP contribution in [-0.2, 0) is 4.79 Å². The molecule has 2 amide bonds. The molecule has 0 spiro atoms. The van der Waals surface area contributed by atoms with E-state index in [1.807, 2.05) is 4.90 Å². The van der Waals surface area contributed by atoms with E-state index in [1.165, 1.54) is 0 Å². The minimum absolute atomic E-state index is 0.0978. The second-order valence-corrected chi connectivity index (χ2v) is 5.64. The smallest absolute Gasteiger partial charge is 0.317 e. The van der Waals surface area contributed by atoms with E-state index >= 15 is 0 Å². The first-order chi connectivity index (χ1) is 8.50. The summed E-state index contributed by atoms with van der Waals surface area (Å²) in [5.74, 6) is -0.788. The Morgan fingerprint density at radius 3 is 2.56 bits per heavy atom. The summed E-state index contributed by atoms with van der Waals surface area (Å²) in [6.07, 6.45) is 4.40. The van der Waals surface area contributed by atoms with Gasteiger partial charge in [-0.05, 0) is 39.0 Å². The molecule has 0 aromatic carbocycles. The first-order valence-electron chi connectivity index (χ1n) is 6.80. The summed E-state index contributed by atoms with van der Waals surface area (Å²) in [7, 11) is 0. The highest BCUT2D eigenvalue weighted by atomic mass is 16.4. The molecule has 2 N–H and O–H groups in total. The highest BCUT2D eigenvalue weighted by molar-refractivity contribution is 5.80. The van der Waals surface area contributed by atoms with Crippen molar-refractivity contribution in [2.24, 2.45) is 5.41 Å². The van der Waals surface area contributed by atoms with Crippen molar-refractivity contribution in [3.63, 3.8) is 0 Å². The van der Waals surface area contributed by atoms with Crippen molar-refractivity contribution in [2.45, 2.75) is 58.0 Å². The van der Waals surface area contributed by atoms with Gasteiger partial charge in [0.15, 0.2) is 0 Å². The number of aliphatic carboxylic acids is 1. The van der Waals surface area contributed by atoms with E-state index in [0.29, 0.717) is 18.9 Å². The van der Waals surface area contributed by atoms with Crippen molar-refractivity contribution < 1.29 is 14.7 Å². The third-order valence-electron chi connectivity index (χ3n) is 4.38. The van der Waals surface area contributed by atoms with Gasteiger partial charge in [-0.2, -0.15) is 0 Å². The monoisotopic (exact) mass is 254 g/mol. The number of urea groups is 1. The lowest BCUT2D eigenvalue weighted by atomic mass is 10.1. The normalized spacial score (nSPS) is 29.1. The van der Waals surface area contributed by atoms with Gasteiger partial charge in [-0.1, -0.05) is 6.92 Å². The topological polar surface area (TPSA) is 69.6 Å². The number of carboxylic acids is 1. The fraction of sp³-hybridized carbons (Fsp3) is 0.846. The molecule has 0 radical (unpaired) electrons. The first-order valence-corrected chi connectivity index (χ1v) is 6.80. The molecule has 18 heavy (non-hydrogen) atoms. The van der Waals surface area contributed by atoms with Crippen molar-refractivity contribution in [2.75, 3.05) is 6.54 Å². The van der Waals surface area contributed by atoms with Gasteiger partial charge >= 0.3 is 12.0 Å². The number of rotatable bonds is 4. The van der Waals surface area contributed by atoms with Crippen LogP contribution >= 0.6 is 0 Å². The SMILES string of the molecule is CCC1CCC(C)N1C(=O)NCC1(C(=O)O)CC1. The Morgan fingerprint density at radius 2 is 2.06 bits per heavy atom. The number of hydrogen-bond acceptors (Lipinski definition) is 2. The number of carbonyl (C=O) groups excluding carboxylic acids is 1. The Kier molecular flexibility index (Phi) is 3.50. The van der Waals surface area contributed by atoms with Crippen molar-refractivity contribution in [3.8, 4) is 0 Å². The van der Waals surface area contributed by atoms with Gasteiger partial charge in [0.2, 0.25) is 0 Å². The predicted octanol–water partition coefficient (Wildman–Crippen LogP) is 1.82. The van der Waals surface area contributed by atoms with E-state index in [0.717, 1.165) is 19.3 Å². The van der Waals surface area contributed by atoms with Crippen LogP contribution in [0, 0.1) is 5.41 Å². The standard InChI is InChI=1S/C13H22N2O3/c1-3-10-5-4-9(2)15(10)12(18)14-8-13(6-7-13)11(16)17/h9-10H,3-8H2,1-2H3,(H,14,18)(H,16,17). The Hall–Kier alpha value is -1.26. The maximum Gasteiger partial charge on any atom is 0.317 e. The van der Waals surface area contributed by atoms with Crippen LogP contribution in [0.1, 0.15) is 46.0 Å². The van der Waals surface area contributed by atoms with Gasteiger partial charge in [-0.3, -0.25) is 4.79 Å². The molecule has 1 aliphatic carbocycles. The molecule has 1 saturated heterocycles. The number of nitrogens with zero attached hydrogens (tertiary/aromatic N) is 1. The highest BCUT2D eigenvalue weighted by Crippen LogP contribution is 2.45. The molecule has 2 rings (SSSR count). The zero-order valence-electron chi connectivity index (χ0n) is 11.1. The molecule has 5 nitrogen and oxygen atoms in total. The third kappa shape index (κ3) is 2.31. The number of carboxylic acid groups (broad SMARTS) is 1. The molecular weight excluding hydrogens is 232 g/mol. The predicted molar refractivity (Wildman–Crippen MR) is 67.3 cm³/mol. The molecule has 2 fully saturated rings. The molecule has 0 aromatic heterocycles. The van der Waals surface area contributed by atoms with E-state index in [1.54, 1.807) is 0 Å². The van der Waals surface area contributed by atoms with Crippen LogP contribution in [0.3, 0.4) is 0 Å². The molecule has 1 heterocycles. The number of hydrogen-bond donors (Lipinski definition) is 2. The van der Waals surface area contributed by atoms with Crippen LogP contribution in [0.25, 0.3) is 0 Å². The summed E-state index contributed by atoms with van der Waals surface area (Å²) in [5.41, 5.74) is -0.680. The minimum atomic E-state index is -0.788. The lowest BCUT2D eigenvalue weighted by Gasteiger charge is -2.28. The van der Waals surface area contributed by atoms with E-state index in [4.69, 9.17) is 5.11 Å². The second kappa shape index (κ2) is 4.78. The van der Waals surface area contributed by atoms with E-state index in [-0.39, 0.29) is 18.6 Å². The van der Waals surface area contributed by atoms with Crippen LogP contribution in [0.4, 0.5) is 4.79 Å². The Bertz CT molecular complexity index is 352. The number of likely N-dealkylation sites (tertiary alicyclic amines) is 1. The van der Waals surface area contributed by atoms with Gasteiger partial charge in [-0.15, -0.1) is 0 Å². The average Bonchev–Trinajstić information content (AvgIpc) is 3.04. The second-order valence-electron chi connectivity index (χ2n) is 5.64. The molecule has 2 aliphatic rings. The molecule has 2 unspecified atom stereocenters. The summed E-state index contributed by atoms with van der Waals surface area (Å²) in [6.45, 7) is 4.41. The van der Waals surface area contributed by atoms with Crippen LogP contribution in [0.5, 0.6) is 0 Å². The molecule has 1 saturated carbocycles. The number of nitrogens with one attached hydrogen (secondary N) is 1. The Balaban J connectivity index is 1.90. The Morgan fingerprint density at radius 1 is 1.39 bits per heavy atom. The summed E-state index contributed by atoms with van der Waals surface area (Å²) < 4.78 is 0. The van der Waals surface area contributed by atoms with Crippen LogP contribution in [-0.4, -0.2) is 40.6 Å². The van der Waals surface area contributed by atoms with Gasteiger partial charge in [0.1, 0.15) is 0 Å². The summed E-state index contributed by atoms with van der Waals surface area (Å²) in [5, 5.41) is 11.9. The summed E-state index contributed by atoms with van der Waals surface area (Å²) in [6, 6.07) is 0.467. The zero-order chi connectivity index (χ0) is 13.3. The number of carbonyl (C=O) groups is 2. The molecule has 1 aliphatic heterocycles. The Labute approximate surface area is 108 Å². The fourth-order valence-corrected chi connectivity index (χ4v) is 2.79. The zero-order valence-corrected chi connectivity index (χ0v) is 11.1. The summed E-state index contributed by atoms with van der Waals surface area (Å²) >= 11 is 0. The molecule has 0 bridgehead atoms. The summed E-state index contributed by atoms with van der Waals surface area (Å²) in [4.78, 5) is 25.1. The number of amides is 2. The molecule has 0 aromatic rings. The molecular formula is C13H22N2O3. The largest absolute Gasteiger partial charge is 0.481 e. The third-order valence-corrected chi connectivity index (χ3v) is 4.38. The highest BCUT2D eigenvalue weighted by Gasteiger charge is 2.50. The molecule has 5 heteroatoms. The van der Waals surface area contributed by atoms with Crippen molar-refractivity contribution in [1.29, 1.82) is 0 Å². The van der Waals surface area contributed by atoms with E-state index in [9.17, 15) is 9.59 Å². The lowest BCUT2D eigenvalue weighted by Crippen LogP contribution is -2.48. The average molecular weight is 254 g/mol. The van der Waals surface area contributed by atoms with Gasteiger partial charge < -0.3 is 15.3 Å². The van der Waals surface area contributed by atoms with Crippen molar-refractivity contribution in [1.82, 2.24) is 10.2 Å². The van der Waals surface area contributed by atoms with E-state index < -0.39 is 11.4 Å². The van der Waals surface area contributed by atoms with Crippen molar-refractivity contribution in [3.05, 3.63) is 0 Å². The maximum absolute atomic E-state index is 12.1. The van der Waals surface area contributed by atoms with Crippen molar-refractivity contribution >= 4 is 12.0 Å². The van der Waals surface area contributed by atoms with Gasteiger partial charge in [-0.25, -0.2) is 4.79 Å². The fourth-order valence-electron chi connectivity index (χ4n) is 2.79. The quantitative estimate of drug-likeness (QED) is 0.804. The van der Waals surface area contributed by atoms with Gasteiger partial charge in [0.05, 0.1) is 5.41 Å². The maximum atomic E-state index is 12.1. The molecule has 102 valence electrons. The van der Waals surface area contributed by atoms with Crippen LogP contribution in [0.2, 0.25) is 0 Å². The molecule has 2 atom stereocenters. The van der Waals surface area contributed by atoms with Gasteiger partial charge in [0.25, 0.3) is 0 Å². The van der Waals surface area contributed by atoms with Gasteiger partial charge in [0, 0.05) is 18.6 Å². The van der Waals surface area contributed by atoms with Crippen LogP contribution in [0.15, 0.2) is 0 Å². The van der Waals surface area contributed by atoms with E-state index in [2.05, 4.69) is 19.2 Å². The lowest BCUT2D eigenvalue weighted by molar-refractivity contribution is -0.143.